The Morgan fingerprint density at radius 3 is 2.37 bits per heavy atom. The van der Waals surface area contributed by atoms with Gasteiger partial charge in [-0.1, -0.05) is 24.6 Å². The van der Waals surface area contributed by atoms with Crippen LogP contribution in [0.25, 0.3) is 0 Å². The van der Waals surface area contributed by atoms with E-state index in [1.165, 1.54) is 43.5 Å². The number of benzene rings is 2. The van der Waals surface area contributed by atoms with E-state index in [1.54, 1.807) is 0 Å². The second-order valence-corrected chi connectivity index (χ2v) is 7.55. The number of hydrogen-bond donors (Lipinski definition) is 2. The number of phenolic OH excluding ortho intramolecular Hbond substituents is 1. The number of nitrogens with zero attached hydrogens (tertiary/aromatic N) is 1. The van der Waals surface area contributed by atoms with Crippen molar-refractivity contribution in [3.63, 3.8) is 0 Å². The van der Waals surface area contributed by atoms with E-state index in [0.29, 0.717) is 0 Å². The zero-order valence-corrected chi connectivity index (χ0v) is 17.8. The Hall–Kier alpha value is -2.70. The van der Waals surface area contributed by atoms with Gasteiger partial charge < -0.3 is 14.4 Å². The number of nitro benzene ring substituents is 1. The van der Waals surface area contributed by atoms with Gasteiger partial charge in [0, 0.05) is 12.1 Å². The molecule has 0 heterocycles. The topological polar surface area (TPSA) is 111 Å². The van der Waals surface area contributed by atoms with Crippen LogP contribution in [0.15, 0.2) is 54.6 Å². The fourth-order valence-electron chi connectivity index (χ4n) is 2.75. The Kier molecular flexibility index (Phi) is 10.0. The zero-order valence-electron chi connectivity index (χ0n) is 16.8. The lowest BCUT2D eigenvalue weighted by Gasteiger charge is -2.23. The number of nitrogens with one attached hydrogen (secondary N) is 1. The van der Waals surface area contributed by atoms with Crippen LogP contribution >= 0.6 is 8.96 Å². The van der Waals surface area contributed by atoms with E-state index in [4.69, 9.17) is 14.4 Å². The maximum Gasteiger partial charge on any atom is 0.323 e. The van der Waals surface area contributed by atoms with E-state index >= 15 is 0 Å². The average Bonchev–Trinajstić information content (AvgIpc) is 2.76. The predicted molar refractivity (Wildman–Crippen MR) is 116 cm³/mol. The Labute approximate surface area is 177 Å². The molecule has 0 saturated heterocycles. The summed E-state index contributed by atoms with van der Waals surface area (Å²) in [4.78, 5) is 21.4. The molecule has 1 saturated carbocycles. The minimum absolute atomic E-state index is 0.0159. The molecular weight excluding hydrogens is 407 g/mol. The molecule has 2 aromatic rings. The number of hydrogen-bond acceptors (Lipinski definition) is 7. The van der Waals surface area contributed by atoms with Gasteiger partial charge in [-0.05, 0) is 56.9 Å². The normalized spacial score (nSPS) is 15.1. The van der Waals surface area contributed by atoms with Crippen molar-refractivity contribution in [1.82, 2.24) is 5.09 Å². The van der Waals surface area contributed by atoms with Gasteiger partial charge in [-0.15, -0.1) is 0 Å². The lowest BCUT2D eigenvalue weighted by atomic mass is 9.98. The smallest absolute Gasteiger partial charge is 0.323 e. The van der Waals surface area contributed by atoms with Gasteiger partial charge in [0.25, 0.3) is 5.69 Å². The summed E-state index contributed by atoms with van der Waals surface area (Å²) in [5.74, 6) is 0.651. The second kappa shape index (κ2) is 12.8. The van der Waals surface area contributed by atoms with Gasteiger partial charge >= 0.3 is 5.97 Å². The van der Waals surface area contributed by atoms with Crippen molar-refractivity contribution in [2.24, 2.45) is 0 Å². The first kappa shape index (κ1) is 23.6. The molecule has 9 heteroatoms. The lowest BCUT2D eigenvalue weighted by molar-refractivity contribution is -0.384. The minimum Gasteiger partial charge on any atom is -0.508 e. The van der Waals surface area contributed by atoms with Crippen LogP contribution in [0.2, 0.25) is 0 Å². The van der Waals surface area contributed by atoms with Gasteiger partial charge in [0.05, 0.1) is 4.92 Å². The molecule has 0 aromatic heterocycles. The van der Waals surface area contributed by atoms with Crippen molar-refractivity contribution in [2.75, 3.05) is 0 Å². The number of aromatic hydroxyl groups is 1. The molecule has 162 valence electrons. The number of rotatable bonds is 7. The molecule has 8 nitrogen and oxygen atoms in total. The van der Waals surface area contributed by atoms with Crippen LogP contribution in [-0.4, -0.2) is 28.1 Å². The minimum atomic E-state index is -0.514. The van der Waals surface area contributed by atoms with Gasteiger partial charge in [-0.25, -0.2) is 0 Å². The predicted octanol–water partition coefficient (Wildman–Crippen LogP) is 4.73. The SMILES string of the molecule is CC(NPOc1ccccc1)C(=O)OC1CCCCC1.O=[N+]([O-])c1ccc(O)cc1. The number of nitro groups is 1. The molecule has 0 amide bonds. The number of phenols is 1. The molecule has 1 aliphatic carbocycles. The maximum absolute atomic E-state index is 11.9. The van der Waals surface area contributed by atoms with Gasteiger partial charge in [-0.3, -0.25) is 20.0 Å². The van der Waals surface area contributed by atoms with Crippen LogP contribution in [-0.2, 0) is 9.53 Å². The fourth-order valence-corrected chi connectivity index (χ4v) is 3.36. The van der Waals surface area contributed by atoms with E-state index in [1.807, 2.05) is 37.3 Å². The summed E-state index contributed by atoms with van der Waals surface area (Å²) in [6, 6.07) is 14.3. The first-order valence-corrected chi connectivity index (χ1v) is 10.7. The number of carbonyl (C=O) groups is 1. The molecule has 2 atom stereocenters. The third kappa shape index (κ3) is 8.76. The summed E-state index contributed by atoms with van der Waals surface area (Å²) in [6.45, 7) is 1.81. The lowest BCUT2D eigenvalue weighted by Crippen LogP contribution is -2.34. The van der Waals surface area contributed by atoms with Crippen molar-refractivity contribution < 1.29 is 24.1 Å². The number of para-hydroxylation sites is 1. The molecule has 1 fully saturated rings. The van der Waals surface area contributed by atoms with Crippen LogP contribution < -0.4 is 9.61 Å². The zero-order chi connectivity index (χ0) is 21.8. The highest BCUT2D eigenvalue weighted by Crippen LogP contribution is 2.22. The summed E-state index contributed by atoms with van der Waals surface area (Å²) in [5, 5.41) is 21.8. The standard InChI is InChI=1S/C15H22NO3P.C6H5NO3/c1-12(15(17)18-13-8-4-2-5-9-13)16-20-19-14-10-6-3-7-11-14;8-6-3-1-5(2-4-6)7(9)10/h3,6-7,10-13,16,20H,2,4-5,8-9H2,1H3;1-4,8H. The quantitative estimate of drug-likeness (QED) is 0.280. The van der Waals surface area contributed by atoms with E-state index < -0.39 is 4.92 Å². The summed E-state index contributed by atoms with van der Waals surface area (Å²) in [7, 11) is 0.0441. The molecule has 3 rings (SSSR count). The molecule has 1 aliphatic rings. The van der Waals surface area contributed by atoms with Crippen LogP contribution in [0.1, 0.15) is 39.0 Å². The third-order valence-electron chi connectivity index (χ3n) is 4.44. The summed E-state index contributed by atoms with van der Waals surface area (Å²) < 4.78 is 11.0. The van der Waals surface area contributed by atoms with E-state index in [2.05, 4.69) is 5.09 Å². The molecule has 0 radical (unpaired) electrons. The van der Waals surface area contributed by atoms with E-state index in [9.17, 15) is 14.9 Å². The van der Waals surface area contributed by atoms with Gasteiger partial charge in [0.2, 0.25) is 0 Å². The maximum atomic E-state index is 11.9. The first-order valence-electron chi connectivity index (χ1n) is 9.82. The Morgan fingerprint density at radius 1 is 1.13 bits per heavy atom. The monoisotopic (exact) mass is 434 g/mol. The number of non-ortho nitro benzene ring substituents is 1. The van der Waals surface area contributed by atoms with Crippen molar-refractivity contribution in [3.8, 4) is 11.5 Å². The summed E-state index contributed by atoms with van der Waals surface area (Å²) >= 11 is 0. The van der Waals surface area contributed by atoms with E-state index in [0.717, 1.165) is 18.6 Å². The molecule has 0 aliphatic heterocycles. The van der Waals surface area contributed by atoms with Crippen LogP contribution in [0, 0.1) is 10.1 Å². The van der Waals surface area contributed by atoms with Crippen LogP contribution in [0.5, 0.6) is 11.5 Å². The summed E-state index contributed by atoms with van der Waals surface area (Å²) in [6.07, 6.45) is 5.70. The Balaban J connectivity index is 0.000000269. The van der Waals surface area contributed by atoms with Gasteiger partial charge in [-0.2, -0.15) is 0 Å². The molecule has 2 aromatic carbocycles. The molecule has 0 spiro atoms. The molecule has 0 bridgehead atoms. The second-order valence-electron chi connectivity index (χ2n) is 6.85. The van der Waals surface area contributed by atoms with Crippen molar-refractivity contribution >= 4 is 20.6 Å². The van der Waals surface area contributed by atoms with Crippen molar-refractivity contribution in [2.45, 2.75) is 51.2 Å². The fraction of sp³-hybridized carbons (Fsp3) is 0.381. The molecular formula is C21H27N2O6P. The van der Waals surface area contributed by atoms with Crippen LogP contribution in [0.3, 0.4) is 0 Å². The van der Waals surface area contributed by atoms with E-state index in [-0.39, 0.29) is 38.5 Å². The molecule has 2 N–H and O–H groups in total. The number of esters is 1. The number of ether oxygens (including phenoxy) is 1. The first-order chi connectivity index (χ1) is 14.5. The Bertz CT molecular complexity index is 782. The average molecular weight is 434 g/mol. The van der Waals surface area contributed by atoms with Crippen molar-refractivity contribution in [3.05, 3.63) is 64.7 Å². The largest absolute Gasteiger partial charge is 0.508 e. The number of carbonyl (C=O) groups excluding carboxylic acids is 1. The summed E-state index contributed by atoms with van der Waals surface area (Å²) in [5.41, 5.74) is -0.0159. The third-order valence-corrected chi connectivity index (χ3v) is 5.33. The molecule has 30 heavy (non-hydrogen) atoms. The molecule has 2 unspecified atom stereocenters. The highest BCUT2D eigenvalue weighted by atomic mass is 31.1. The Morgan fingerprint density at radius 2 is 1.77 bits per heavy atom. The van der Waals surface area contributed by atoms with Crippen LogP contribution in [0.4, 0.5) is 5.69 Å². The van der Waals surface area contributed by atoms with Crippen molar-refractivity contribution in [1.29, 1.82) is 0 Å². The highest BCUT2D eigenvalue weighted by Gasteiger charge is 2.21. The van der Waals surface area contributed by atoms with Gasteiger partial charge in [0.15, 0.2) is 0 Å². The highest BCUT2D eigenvalue weighted by molar-refractivity contribution is 7.30. The van der Waals surface area contributed by atoms with Gasteiger partial charge in [0.1, 0.15) is 32.6 Å².